The van der Waals surface area contributed by atoms with E-state index < -0.39 is 0 Å². The molecule has 31 heavy (non-hydrogen) atoms. The Morgan fingerprint density at radius 2 is 1.32 bits per heavy atom. The highest BCUT2D eigenvalue weighted by Crippen LogP contribution is 2.22. The van der Waals surface area contributed by atoms with Gasteiger partial charge in [-0.15, -0.1) is 0 Å². The number of carbonyl (C=O) groups excluding carboxylic acids is 2. The van der Waals surface area contributed by atoms with Crippen LogP contribution < -0.4 is 16.4 Å². The average Bonchev–Trinajstić information content (AvgIpc) is 2.74. The number of hydrogen-bond donors (Lipinski definition) is 3. The van der Waals surface area contributed by atoms with E-state index in [9.17, 15) is 9.59 Å². The van der Waals surface area contributed by atoms with Crippen LogP contribution in [0.1, 0.15) is 48.7 Å². The lowest BCUT2D eigenvalue weighted by Crippen LogP contribution is -2.14. The largest absolute Gasteiger partial charge is 0.399 e. The van der Waals surface area contributed by atoms with Crippen LogP contribution in [0.3, 0.4) is 0 Å². The third-order valence-electron chi connectivity index (χ3n) is 5.06. The first-order valence-corrected chi connectivity index (χ1v) is 10.4. The van der Waals surface area contributed by atoms with Gasteiger partial charge in [-0.3, -0.25) is 9.59 Å². The van der Waals surface area contributed by atoms with Crippen LogP contribution in [0.25, 0.3) is 0 Å². The number of anilines is 3. The quantitative estimate of drug-likeness (QED) is 0.472. The van der Waals surface area contributed by atoms with Gasteiger partial charge in [-0.2, -0.15) is 0 Å². The van der Waals surface area contributed by atoms with Gasteiger partial charge in [0.15, 0.2) is 0 Å². The van der Waals surface area contributed by atoms with Crippen LogP contribution in [0.4, 0.5) is 17.1 Å². The fourth-order valence-electron chi connectivity index (χ4n) is 3.13. The molecule has 2 amide bonds. The van der Waals surface area contributed by atoms with Crippen molar-refractivity contribution in [2.75, 3.05) is 16.4 Å². The van der Waals surface area contributed by atoms with Crippen molar-refractivity contribution in [2.45, 2.75) is 39.0 Å². The van der Waals surface area contributed by atoms with Crippen molar-refractivity contribution in [1.82, 2.24) is 0 Å². The molecule has 0 bridgehead atoms. The molecular formula is C26H29N3O2. The van der Waals surface area contributed by atoms with Gasteiger partial charge in [0.2, 0.25) is 5.91 Å². The lowest BCUT2D eigenvalue weighted by atomic mass is 9.87. The van der Waals surface area contributed by atoms with E-state index in [1.54, 1.807) is 24.3 Å². The number of amides is 2. The highest BCUT2D eigenvalue weighted by atomic mass is 16.2. The van der Waals surface area contributed by atoms with Crippen molar-refractivity contribution < 1.29 is 9.59 Å². The number of nitrogens with one attached hydrogen (secondary N) is 2. The van der Waals surface area contributed by atoms with Crippen molar-refractivity contribution in [3.8, 4) is 0 Å². The van der Waals surface area contributed by atoms with Gasteiger partial charge in [-0.1, -0.05) is 45.0 Å². The summed E-state index contributed by atoms with van der Waals surface area (Å²) in [5.41, 5.74) is 10.6. The molecule has 5 nitrogen and oxygen atoms in total. The molecule has 0 radical (unpaired) electrons. The number of nitrogens with two attached hydrogens (primary N) is 1. The predicted octanol–water partition coefficient (Wildman–Crippen LogP) is 5.39. The van der Waals surface area contributed by atoms with Crippen LogP contribution in [-0.2, 0) is 16.6 Å². The highest BCUT2D eigenvalue weighted by Gasteiger charge is 2.14. The minimum absolute atomic E-state index is 0.0460. The van der Waals surface area contributed by atoms with Crippen LogP contribution in [-0.4, -0.2) is 11.8 Å². The van der Waals surface area contributed by atoms with Gasteiger partial charge in [0.1, 0.15) is 0 Å². The molecule has 0 aliphatic rings. The van der Waals surface area contributed by atoms with E-state index in [1.807, 2.05) is 48.5 Å². The Bertz CT molecular complexity index is 1030. The number of hydrogen-bond acceptors (Lipinski definition) is 3. The van der Waals surface area contributed by atoms with E-state index in [0.29, 0.717) is 35.5 Å². The number of benzene rings is 3. The fourth-order valence-corrected chi connectivity index (χ4v) is 3.13. The highest BCUT2D eigenvalue weighted by molar-refractivity contribution is 6.04. The molecule has 3 rings (SSSR count). The van der Waals surface area contributed by atoms with E-state index in [-0.39, 0.29) is 17.2 Å². The number of aryl methyl sites for hydroxylation is 1. The maximum absolute atomic E-state index is 12.5. The Kier molecular flexibility index (Phi) is 6.75. The molecule has 0 atom stereocenters. The lowest BCUT2D eigenvalue weighted by Gasteiger charge is -2.19. The standard InChI is InChI=1S/C26H29N3O2/c1-26(2,3)20-9-7-19(8-10-20)25(31)29-23-15-13-22(14-16-23)28-24(30)17-6-18-4-11-21(27)12-5-18/h4-5,7-16H,6,17,27H2,1-3H3,(H,28,30)(H,29,31). The number of nitrogen functional groups attached to an aromatic ring is 1. The third kappa shape index (κ3) is 6.44. The van der Waals surface area contributed by atoms with Crippen molar-refractivity contribution in [3.05, 3.63) is 89.5 Å². The second-order valence-electron chi connectivity index (χ2n) is 8.65. The molecule has 4 N–H and O–H groups in total. The fraction of sp³-hybridized carbons (Fsp3) is 0.231. The minimum atomic E-state index is -0.166. The molecule has 0 unspecified atom stereocenters. The summed E-state index contributed by atoms with van der Waals surface area (Å²) in [5.74, 6) is -0.228. The summed E-state index contributed by atoms with van der Waals surface area (Å²) in [6.07, 6.45) is 1.03. The van der Waals surface area contributed by atoms with E-state index >= 15 is 0 Å². The van der Waals surface area contributed by atoms with E-state index in [4.69, 9.17) is 5.73 Å². The molecule has 3 aromatic rings. The Morgan fingerprint density at radius 3 is 1.87 bits per heavy atom. The monoisotopic (exact) mass is 415 g/mol. The van der Waals surface area contributed by atoms with Gasteiger partial charge in [-0.25, -0.2) is 0 Å². The first-order valence-electron chi connectivity index (χ1n) is 10.4. The summed E-state index contributed by atoms with van der Waals surface area (Å²) in [7, 11) is 0. The molecular weight excluding hydrogens is 386 g/mol. The molecule has 0 saturated heterocycles. The van der Waals surface area contributed by atoms with Crippen LogP contribution in [0, 0.1) is 0 Å². The molecule has 0 fully saturated rings. The summed E-state index contributed by atoms with van der Waals surface area (Å²) < 4.78 is 0. The van der Waals surface area contributed by atoms with Crippen molar-refractivity contribution >= 4 is 28.9 Å². The number of rotatable bonds is 6. The van der Waals surface area contributed by atoms with E-state index in [1.165, 1.54) is 5.56 Å². The molecule has 0 aliphatic heterocycles. The maximum atomic E-state index is 12.5. The second kappa shape index (κ2) is 9.47. The van der Waals surface area contributed by atoms with Crippen molar-refractivity contribution in [2.24, 2.45) is 0 Å². The SMILES string of the molecule is CC(C)(C)c1ccc(C(=O)Nc2ccc(NC(=O)CCc3ccc(N)cc3)cc2)cc1. The van der Waals surface area contributed by atoms with Crippen LogP contribution in [0.2, 0.25) is 0 Å². The number of carbonyl (C=O) groups is 2. The Labute approximate surface area is 183 Å². The molecule has 0 heterocycles. The molecule has 160 valence electrons. The maximum Gasteiger partial charge on any atom is 0.255 e. The molecule has 0 aromatic heterocycles. The normalized spacial score (nSPS) is 11.1. The zero-order valence-electron chi connectivity index (χ0n) is 18.2. The summed E-state index contributed by atoms with van der Waals surface area (Å²) in [6, 6.07) is 22.3. The van der Waals surface area contributed by atoms with Gasteiger partial charge in [0.05, 0.1) is 0 Å². The molecule has 0 saturated carbocycles. The van der Waals surface area contributed by atoms with E-state index in [0.717, 1.165) is 5.56 Å². The van der Waals surface area contributed by atoms with Crippen molar-refractivity contribution in [1.29, 1.82) is 0 Å². The molecule has 0 aliphatic carbocycles. The summed E-state index contributed by atoms with van der Waals surface area (Å²) in [4.78, 5) is 24.7. The smallest absolute Gasteiger partial charge is 0.255 e. The van der Waals surface area contributed by atoms with Gasteiger partial charge < -0.3 is 16.4 Å². The summed E-state index contributed by atoms with van der Waals surface area (Å²) in [5, 5.41) is 5.77. The van der Waals surface area contributed by atoms with Gasteiger partial charge in [-0.05, 0) is 71.5 Å². The topological polar surface area (TPSA) is 84.2 Å². The Balaban J connectivity index is 1.51. The van der Waals surface area contributed by atoms with Crippen LogP contribution >= 0.6 is 0 Å². The average molecular weight is 416 g/mol. The third-order valence-corrected chi connectivity index (χ3v) is 5.06. The first-order chi connectivity index (χ1) is 14.7. The second-order valence-corrected chi connectivity index (χ2v) is 8.65. The molecule has 5 heteroatoms. The van der Waals surface area contributed by atoms with Gasteiger partial charge in [0.25, 0.3) is 5.91 Å². The van der Waals surface area contributed by atoms with Gasteiger partial charge >= 0.3 is 0 Å². The van der Waals surface area contributed by atoms with Crippen molar-refractivity contribution in [3.63, 3.8) is 0 Å². The Hall–Kier alpha value is -3.60. The molecule has 3 aromatic carbocycles. The lowest BCUT2D eigenvalue weighted by molar-refractivity contribution is -0.116. The van der Waals surface area contributed by atoms with E-state index in [2.05, 4.69) is 31.4 Å². The molecule has 0 spiro atoms. The van der Waals surface area contributed by atoms with Crippen LogP contribution in [0.15, 0.2) is 72.8 Å². The minimum Gasteiger partial charge on any atom is -0.399 e. The van der Waals surface area contributed by atoms with Gasteiger partial charge in [0, 0.05) is 29.0 Å². The summed E-state index contributed by atoms with van der Waals surface area (Å²) >= 11 is 0. The predicted molar refractivity (Wildman–Crippen MR) is 127 cm³/mol. The zero-order valence-corrected chi connectivity index (χ0v) is 18.2. The summed E-state index contributed by atoms with van der Waals surface area (Å²) in [6.45, 7) is 6.42. The zero-order chi connectivity index (χ0) is 22.4. The Morgan fingerprint density at radius 1 is 0.774 bits per heavy atom. The van der Waals surface area contributed by atoms with Crippen LogP contribution in [0.5, 0.6) is 0 Å². The first kappa shape index (κ1) is 22.1.